The number of nitrogens with one attached hydrogen (secondary N) is 1. The van der Waals surface area contributed by atoms with Gasteiger partial charge in [0.25, 0.3) is 0 Å². The van der Waals surface area contributed by atoms with Crippen molar-refractivity contribution in [1.29, 1.82) is 0 Å². The summed E-state index contributed by atoms with van der Waals surface area (Å²) < 4.78 is 28.4. The van der Waals surface area contributed by atoms with E-state index in [9.17, 15) is 13.2 Å². The number of hydrogen-bond donors (Lipinski definition) is 1. The van der Waals surface area contributed by atoms with Gasteiger partial charge in [-0.2, -0.15) is 0 Å². The van der Waals surface area contributed by atoms with Crippen molar-refractivity contribution >= 4 is 21.4 Å². The first-order valence-corrected chi connectivity index (χ1v) is 10.7. The standard InChI is InChI=1S/C20H23NO4S/c1-26(23,24)19-11-9-18(10-12-19)25-13-3-6-20(22)21-17-8-7-15-4-2-5-16(15)14-17/h7-12,14H,2-6,13H2,1H3,(H,21,22). The van der Waals surface area contributed by atoms with E-state index in [1.165, 1.54) is 35.9 Å². The van der Waals surface area contributed by atoms with Crippen LogP contribution in [0.4, 0.5) is 5.69 Å². The third-order valence-electron chi connectivity index (χ3n) is 4.45. The zero-order valence-electron chi connectivity index (χ0n) is 14.8. The minimum absolute atomic E-state index is 0.0287. The van der Waals surface area contributed by atoms with E-state index in [-0.39, 0.29) is 10.8 Å². The molecule has 1 amide bonds. The first-order chi connectivity index (χ1) is 12.4. The Bertz CT molecular complexity index is 889. The first-order valence-electron chi connectivity index (χ1n) is 8.76. The molecular formula is C20H23NO4S. The fourth-order valence-corrected chi connectivity index (χ4v) is 3.71. The van der Waals surface area contributed by atoms with E-state index in [4.69, 9.17) is 4.74 Å². The molecule has 0 saturated heterocycles. The lowest BCUT2D eigenvalue weighted by atomic mass is 10.1. The van der Waals surface area contributed by atoms with Gasteiger partial charge in [-0.05, 0) is 73.2 Å². The maximum Gasteiger partial charge on any atom is 0.224 e. The molecule has 0 heterocycles. The highest BCUT2D eigenvalue weighted by Crippen LogP contribution is 2.25. The summed E-state index contributed by atoms with van der Waals surface area (Å²) in [5, 5.41) is 2.93. The molecule has 0 fully saturated rings. The van der Waals surface area contributed by atoms with E-state index < -0.39 is 9.84 Å². The number of sulfone groups is 1. The van der Waals surface area contributed by atoms with Gasteiger partial charge >= 0.3 is 0 Å². The maximum absolute atomic E-state index is 12.0. The molecule has 0 unspecified atom stereocenters. The van der Waals surface area contributed by atoms with Crippen LogP contribution in [-0.2, 0) is 27.5 Å². The van der Waals surface area contributed by atoms with Gasteiger partial charge in [-0.1, -0.05) is 6.07 Å². The Morgan fingerprint density at radius 3 is 2.54 bits per heavy atom. The number of rotatable bonds is 7. The molecule has 6 heteroatoms. The van der Waals surface area contributed by atoms with Crippen molar-refractivity contribution < 1.29 is 17.9 Å². The summed E-state index contributed by atoms with van der Waals surface area (Å²) in [5.41, 5.74) is 3.58. The minimum atomic E-state index is -3.20. The fraction of sp³-hybridized carbons (Fsp3) is 0.350. The van der Waals surface area contributed by atoms with Crippen molar-refractivity contribution in [1.82, 2.24) is 0 Å². The van der Waals surface area contributed by atoms with E-state index in [1.807, 2.05) is 6.07 Å². The SMILES string of the molecule is CS(=O)(=O)c1ccc(OCCCC(=O)Nc2ccc3c(c2)CCC3)cc1. The number of carbonyl (C=O) groups excluding carboxylic acids is 1. The van der Waals surface area contributed by atoms with E-state index in [0.29, 0.717) is 25.2 Å². The molecule has 138 valence electrons. The molecule has 5 nitrogen and oxygen atoms in total. The van der Waals surface area contributed by atoms with Gasteiger partial charge in [0.05, 0.1) is 11.5 Å². The number of anilines is 1. The maximum atomic E-state index is 12.0. The molecule has 3 rings (SSSR count). The molecule has 0 spiro atoms. The Balaban J connectivity index is 1.41. The van der Waals surface area contributed by atoms with Crippen LogP contribution in [0.5, 0.6) is 5.75 Å². The van der Waals surface area contributed by atoms with Gasteiger partial charge in [-0.15, -0.1) is 0 Å². The van der Waals surface area contributed by atoms with Crippen LogP contribution in [0.3, 0.4) is 0 Å². The number of ether oxygens (including phenoxy) is 1. The van der Waals surface area contributed by atoms with Crippen LogP contribution in [-0.4, -0.2) is 27.2 Å². The van der Waals surface area contributed by atoms with Crippen molar-refractivity contribution in [3.05, 3.63) is 53.6 Å². The molecule has 1 aliphatic carbocycles. The molecule has 1 N–H and O–H groups in total. The third kappa shape index (κ3) is 4.85. The van der Waals surface area contributed by atoms with Crippen LogP contribution < -0.4 is 10.1 Å². The molecular weight excluding hydrogens is 350 g/mol. The highest BCUT2D eigenvalue weighted by molar-refractivity contribution is 7.90. The van der Waals surface area contributed by atoms with Gasteiger partial charge < -0.3 is 10.1 Å². The molecule has 0 radical (unpaired) electrons. The average Bonchev–Trinajstić information content (AvgIpc) is 3.06. The summed E-state index contributed by atoms with van der Waals surface area (Å²) in [6.07, 6.45) is 5.54. The molecule has 2 aromatic rings. The second-order valence-corrected chi connectivity index (χ2v) is 8.60. The summed E-state index contributed by atoms with van der Waals surface area (Å²) in [4.78, 5) is 12.3. The van der Waals surface area contributed by atoms with Crippen molar-refractivity contribution in [2.75, 3.05) is 18.2 Å². The average molecular weight is 373 g/mol. The van der Waals surface area contributed by atoms with Gasteiger partial charge in [0.2, 0.25) is 5.91 Å². The third-order valence-corrected chi connectivity index (χ3v) is 5.58. The van der Waals surface area contributed by atoms with Gasteiger partial charge in [0.1, 0.15) is 5.75 Å². The van der Waals surface area contributed by atoms with Crippen molar-refractivity contribution in [2.24, 2.45) is 0 Å². The summed E-state index contributed by atoms with van der Waals surface area (Å²) in [5.74, 6) is 0.565. The topological polar surface area (TPSA) is 72.5 Å². The monoisotopic (exact) mass is 373 g/mol. The summed E-state index contributed by atoms with van der Waals surface area (Å²) in [7, 11) is -3.20. The van der Waals surface area contributed by atoms with Crippen LogP contribution in [0.15, 0.2) is 47.4 Å². The molecule has 0 aliphatic heterocycles. The largest absolute Gasteiger partial charge is 0.494 e. The van der Waals surface area contributed by atoms with Gasteiger partial charge in [-0.25, -0.2) is 8.42 Å². The Labute approximate surface area is 154 Å². The Kier molecular flexibility index (Phi) is 5.61. The highest BCUT2D eigenvalue weighted by Gasteiger charge is 2.12. The minimum Gasteiger partial charge on any atom is -0.494 e. The molecule has 0 atom stereocenters. The van der Waals surface area contributed by atoms with E-state index in [1.54, 1.807) is 12.1 Å². The van der Waals surface area contributed by atoms with Gasteiger partial charge in [0, 0.05) is 18.4 Å². The van der Waals surface area contributed by atoms with E-state index in [0.717, 1.165) is 18.5 Å². The number of hydrogen-bond acceptors (Lipinski definition) is 4. The number of benzene rings is 2. The molecule has 0 aromatic heterocycles. The number of aryl methyl sites for hydroxylation is 2. The lowest BCUT2D eigenvalue weighted by molar-refractivity contribution is -0.116. The molecule has 1 aliphatic rings. The second-order valence-electron chi connectivity index (χ2n) is 6.58. The fourth-order valence-electron chi connectivity index (χ4n) is 3.08. The second kappa shape index (κ2) is 7.91. The lowest BCUT2D eigenvalue weighted by Crippen LogP contribution is -2.13. The molecule has 26 heavy (non-hydrogen) atoms. The highest BCUT2D eigenvalue weighted by atomic mass is 32.2. The van der Waals surface area contributed by atoms with Crippen molar-refractivity contribution in [3.8, 4) is 5.75 Å². The Hall–Kier alpha value is -2.34. The van der Waals surface area contributed by atoms with Crippen molar-refractivity contribution in [3.63, 3.8) is 0 Å². The predicted molar refractivity (Wildman–Crippen MR) is 101 cm³/mol. The van der Waals surface area contributed by atoms with Crippen LogP contribution in [0.2, 0.25) is 0 Å². The molecule has 0 bridgehead atoms. The Morgan fingerprint density at radius 2 is 1.81 bits per heavy atom. The summed E-state index contributed by atoms with van der Waals surface area (Å²) in [6.45, 7) is 0.399. The normalized spacial score (nSPS) is 13.3. The van der Waals surface area contributed by atoms with Crippen LogP contribution in [0, 0.1) is 0 Å². The summed E-state index contributed by atoms with van der Waals surface area (Å²) in [6, 6.07) is 12.4. The molecule has 0 saturated carbocycles. The number of fused-ring (bicyclic) bond motifs is 1. The van der Waals surface area contributed by atoms with E-state index in [2.05, 4.69) is 17.4 Å². The smallest absolute Gasteiger partial charge is 0.224 e. The predicted octanol–water partition coefficient (Wildman–Crippen LogP) is 3.38. The van der Waals surface area contributed by atoms with Crippen LogP contribution in [0.1, 0.15) is 30.4 Å². The number of amides is 1. The Morgan fingerprint density at radius 1 is 1.08 bits per heavy atom. The number of carbonyl (C=O) groups is 1. The van der Waals surface area contributed by atoms with Crippen LogP contribution in [0.25, 0.3) is 0 Å². The molecule has 2 aromatic carbocycles. The lowest BCUT2D eigenvalue weighted by Gasteiger charge is -2.09. The summed E-state index contributed by atoms with van der Waals surface area (Å²) >= 11 is 0. The van der Waals surface area contributed by atoms with Crippen LogP contribution >= 0.6 is 0 Å². The van der Waals surface area contributed by atoms with Gasteiger partial charge in [0.15, 0.2) is 9.84 Å². The zero-order chi connectivity index (χ0) is 18.6. The van der Waals surface area contributed by atoms with E-state index >= 15 is 0 Å². The first kappa shape index (κ1) is 18.5. The zero-order valence-corrected chi connectivity index (χ0v) is 15.6. The van der Waals surface area contributed by atoms with Gasteiger partial charge in [-0.3, -0.25) is 4.79 Å². The quantitative estimate of drug-likeness (QED) is 0.755. The van der Waals surface area contributed by atoms with Crippen molar-refractivity contribution in [2.45, 2.75) is 37.0 Å².